The molecule has 20 heavy (non-hydrogen) atoms. The summed E-state index contributed by atoms with van der Waals surface area (Å²) in [7, 11) is 1.88. The van der Waals surface area contributed by atoms with E-state index < -0.39 is 0 Å². The molecule has 1 saturated carbocycles. The Labute approximate surface area is 129 Å². The molecule has 0 aliphatic heterocycles. The maximum atomic E-state index is 12.5. The Bertz CT molecular complexity index is 354. The summed E-state index contributed by atoms with van der Waals surface area (Å²) in [4.78, 5) is 14.8. The zero-order valence-corrected chi connectivity index (χ0v) is 14.4. The lowest BCUT2D eigenvalue weighted by molar-refractivity contribution is -0.137. The standard InChI is InChI=1S/C16H30N2OS/c1-11(10-14(17)20)18(5)15(19)12-6-8-13(9-7-12)16(2,3)4/h11-13H,6-10H2,1-5H3,(H2,17,20). The van der Waals surface area contributed by atoms with E-state index in [0.29, 0.717) is 16.8 Å². The average Bonchev–Trinajstić information content (AvgIpc) is 2.35. The fourth-order valence-corrected chi connectivity index (χ4v) is 3.38. The molecule has 0 aromatic heterocycles. The van der Waals surface area contributed by atoms with Gasteiger partial charge in [-0.25, -0.2) is 0 Å². The molecule has 0 aromatic carbocycles. The topological polar surface area (TPSA) is 46.3 Å². The van der Waals surface area contributed by atoms with E-state index >= 15 is 0 Å². The van der Waals surface area contributed by atoms with Gasteiger partial charge in [0.25, 0.3) is 0 Å². The Hall–Kier alpha value is -0.640. The molecule has 4 heteroatoms. The van der Waals surface area contributed by atoms with Crippen molar-refractivity contribution in [3.8, 4) is 0 Å². The summed E-state index contributed by atoms with van der Waals surface area (Å²) in [6.07, 6.45) is 4.97. The molecule has 1 unspecified atom stereocenters. The van der Waals surface area contributed by atoms with Crippen LogP contribution in [0, 0.1) is 17.3 Å². The van der Waals surface area contributed by atoms with Crippen LogP contribution in [0.3, 0.4) is 0 Å². The van der Waals surface area contributed by atoms with E-state index in [1.54, 1.807) is 0 Å². The second-order valence-corrected chi connectivity index (χ2v) is 7.91. The highest BCUT2D eigenvalue weighted by molar-refractivity contribution is 7.80. The molecule has 1 rings (SSSR count). The predicted octanol–water partition coefficient (Wildman–Crippen LogP) is 3.36. The highest BCUT2D eigenvalue weighted by atomic mass is 32.1. The molecule has 0 spiro atoms. The van der Waals surface area contributed by atoms with Crippen molar-refractivity contribution >= 4 is 23.1 Å². The first-order valence-electron chi connectivity index (χ1n) is 7.68. The van der Waals surface area contributed by atoms with Gasteiger partial charge >= 0.3 is 0 Å². The average molecular weight is 298 g/mol. The zero-order valence-electron chi connectivity index (χ0n) is 13.6. The van der Waals surface area contributed by atoms with Crippen molar-refractivity contribution < 1.29 is 4.79 Å². The lowest BCUT2D eigenvalue weighted by atomic mass is 9.69. The normalized spacial score (nSPS) is 25.1. The van der Waals surface area contributed by atoms with Crippen LogP contribution in [-0.2, 0) is 4.79 Å². The van der Waals surface area contributed by atoms with Crippen LogP contribution >= 0.6 is 12.2 Å². The Kier molecular flexibility index (Phi) is 5.99. The molecule has 1 aliphatic rings. The third-order valence-corrected chi connectivity index (χ3v) is 4.97. The van der Waals surface area contributed by atoms with Gasteiger partial charge in [-0.15, -0.1) is 0 Å². The summed E-state index contributed by atoms with van der Waals surface area (Å²) in [5.41, 5.74) is 5.93. The Morgan fingerprint density at radius 1 is 1.30 bits per heavy atom. The van der Waals surface area contributed by atoms with Crippen LogP contribution < -0.4 is 5.73 Å². The lowest BCUT2D eigenvalue weighted by Crippen LogP contribution is -2.42. The number of hydrogen-bond donors (Lipinski definition) is 1. The first kappa shape index (κ1) is 17.4. The molecular weight excluding hydrogens is 268 g/mol. The number of amides is 1. The van der Waals surface area contributed by atoms with Crippen LogP contribution in [0.25, 0.3) is 0 Å². The van der Waals surface area contributed by atoms with Gasteiger partial charge in [-0.05, 0) is 43.9 Å². The van der Waals surface area contributed by atoms with Gasteiger partial charge in [0, 0.05) is 25.4 Å². The predicted molar refractivity (Wildman–Crippen MR) is 88.5 cm³/mol. The quantitative estimate of drug-likeness (QED) is 0.810. The summed E-state index contributed by atoms with van der Waals surface area (Å²) in [6, 6.07) is 0.0975. The fraction of sp³-hybridized carbons (Fsp3) is 0.875. The first-order valence-corrected chi connectivity index (χ1v) is 8.08. The van der Waals surface area contributed by atoms with Gasteiger partial charge in [-0.3, -0.25) is 4.79 Å². The van der Waals surface area contributed by atoms with Gasteiger partial charge in [-0.1, -0.05) is 33.0 Å². The van der Waals surface area contributed by atoms with Crippen LogP contribution in [0.2, 0.25) is 0 Å². The van der Waals surface area contributed by atoms with Crippen LogP contribution in [0.4, 0.5) is 0 Å². The van der Waals surface area contributed by atoms with Crippen molar-refractivity contribution in [2.24, 2.45) is 23.0 Å². The third kappa shape index (κ3) is 4.72. The van der Waals surface area contributed by atoms with E-state index in [9.17, 15) is 4.79 Å². The van der Waals surface area contributed by atoms with E-state index in [2.05, 4.69) is 20.8 Å². The molecule has 1 atom stereocenters. The number of nitrogens with zero attached hydrogens (tertiary/aromatic N) is 1. The third-order valence-electron chi connectivity index (χ3n) is 4.81. The smallest absolute Gasteiger partial charge is 0.225 e. The summed E-state index contributed by atoms with van der Waals surface area (Å²) in [5.74, 6) is 1.19. The van der Waals surface area contributed by atoms with Crippen molar-refractivity contribution in [2.75, 3.05) is 7.05 Å². The Morgan fingerprint density at radius 3 is 2.20 bits per heavy atom. The van der Waals surface area contributed by atoms with E-state index in [4.69, 9.17) is 18.0 Å². The van der Waals surface area contributed by atoms with Gasteiger partial charge < -0.3 is 10.6 Å². The molecule has 0 saturated heterocycles. The zero-order chi connectivity index (χ0) is 15.5. The van der Waals surface area contributed by atoms with E-state index in [1.807, 2.05) is 18.9 Å². The Balaban J connectivity index is 2.52. The van der Waals surface area contributed by atoms with E-state index in [-0.39, 0.29) is 17.9 Å². The first-order chi connectivity index (χ1) is 9.12. The van der Waals surface area contributed by atoms with Gasteiger partial charge in [0.2, 0.25) is 5.91 Å². The maximum absolute atomic E-state index is 12.5. The molecule has 1 aliphatic carbocycles. The number of carbonyl (C=O) groups excluding carboxylic acids is 1. The van der Waals surface area contributed by atoms with E-state index in [0.717, 1.165) is 31.6 Å². The van der Waals surface area contributed by atoms with Crippen molar-refractivity contribution in [1.29, 1.82) is 0 Å². The highest BCUT2D eigenvalue weighted by Crippen LogP contribution is 2.40. The molecule has 0 radical (unpaired) electrons. The number of nitrogens with two attached hydrogens (primary N) is 1. The molecule has 0 bridgehead atoms. The summed E-state index contributed by atoms with van der Waals surface area (Å²) >= 11 is 4.93. The summed E-state index contributed by atoms with van der Waals surface area (Å²) < 4.78 is 0. The molecule has 116 valence electrons. The Morgan fingerprint density at radius 2 is 1.80 bits per heavy atom. The second-order valence-electron chi connectivity index (χ2n) is 7.38. The molecule has 1 fully saturated rings. The number of carbonyl (C=O) groups is 1. The van der Waals surface area contributed by atoms with Crippen molar-refractivity contribution in [2.45, 2.75) is 65.8 Å². The van der Waals surface area contributed by atoms with Crippen molar-refractivity contribution in [3.05, 3.63) is 0 Å². The van der Waals surface area contributed by atoms with E-state index in [1.165, 1.54) is 0 Å². The van der Waals surface area contributed by atoms with Gasteiger partial charge in [0.1, 0.15) is 0 Å². The maximum Gasteiger partial charge on any atom is 0.225 e. The molecule has 0 heterocycles. The second kappa shape index (κ2) is 6.88. The van der Waals surface area contributed by atoms with Gasteiger partial charge in [0.05, 0.1) is 4.99 Å². The highest BCUT2D eigenvalue weighted by Gasteiger charge is 2.34. The van der Waals surface area contributed by atoms with Crippen molar-refractivity contribution in [1.82, 2.24) is 4.90 Å². The van der Waals surface area contributed by atoms with Gasteiger partial charge in [0.15, 0.2) is 0 Å². The minimum Gasteiger partial charge on any atom is -0.393 e. The summed E-state index contributed by atoms with van der Waals surface area (Å²) in [6.45, 7) is 8.92. The number of hydrogen-bond acceptors (Lipinski definition) is 2. The minimum absolute atomic E-state index is 0.0975. The lowest BCUT2D eigenvalue weighted by Gasteiger charge is -2.38. The van der Waals surface area contributed by atoms with Crippen LogP contribution in [0.15, 0.2) is 0 Å². The van der Waals surface area contributed by atoms with Crippen molar-refractivity contribution in [3.63, 3.8) is 0 Å². The van der Waals surface area contributed by atoms with Crippen LogP contribution in [-0.4, -0.2) is 28.9 Å². The minimum atomic E-state index is 0.0975. The van der Waals surface area contributed by atoms with Crippen LogP contribution in [0.5, 0.6) is 0 Å². The summed E-state index contributed by atoms with van der Waals surface area (Å²) in [5, 5.41) is 0. The number of rotatable bonds is 4. The molecular formula is C16H30N2OS. The largest absolute Gasteiger partial charge is 0.393 e. The number of thiocarbonyl (C=S) groups is 1. The monoisotopic (exact) mass is 298 g/mol. The molecule has 1 amide bonds. The van der Waals surface area contributed by atoms with Crippen LogP contribution in [0.1, 0.15) is 59.8 Å². The molecule has 2 N–H and O–H groups in total. The van der Waals surface area contributed by atoms with Gasteiger partial charge in [-0.2, -0.15) is 0 Å². The molecule has 0 aromatic rings. The molecule has 3 nitrogen and oxygen atoms in total. The SMILES string of the molecule is CC(CC(N)=S)N(C)C(=O)C1CCC(C(C)(C)C)CC1. The fourth-order valence-electron chi connectivity index (χ4n) is 3.14.